The molecule has 140 valence electrons. The number of ether oxygens (including phenoxy) is 1. The standard InChI is InChI=1S/C19H23ClFN3O2/c1-13(11-17(25)23-10-9-22)24-12-14-7-8-16(20)19(18(14)21)26-15-5-3-2-4-6-15/h2-8,13,24H,9-12,22H2,1H3,(H,23,25). The van der Waals surface area contributed by atoms with Crippen LogP contribution in [0.3, 0.4) is 0 Å². The minimum absolute atomic E-state index is 0.00879. The van der Waals surface area contributed by atoms with Crippen LogP contribution in [0, 0.1) is 5.82 Å². The highest BCUT2D eigenvalue weighted by Gasteiger charge is 2.16. The number of carbonyl (C=O) groups is 1. The van der Waals surface area contributed by atoms with Gasteiger partial charge >= 0.3 is 0 Å². The van der Waals surface area contributed by atoms with E-state index < -0.39 is 5.82 Å². The van der Waals surface area contributed by atoms with Gasteiger partial charge in [-0.15, -0.1) is 0 Å². The molecule has 2 rings (SSSR count). The first-order valence-corrected chi connectivity index (χ1v) is 8.79. The molecule has 1 atom stereocenters. The van der Waals surface area contributed by atoms with E-state index in [2.05, 4.69) is 10.6 Å². The van der Waals surface area contributed by atoms with Crippen molar-refractivity contribution in [2.75, 3.05) is 13.1 Å². The van der Waals surface area contributed by atoms with E-state index in [1.165, 1.54) is 0 Å². The molecule has 0 aliphatic rings. The number of nitrogens with one attached hydrogen (secondary N) is 2. The second-order valence-corrected chi connectivity index (χ2v) is 6.30. The summed E-state index contributed by atoms with van der Waals surface area (Å²) in [5.74, 6) is -0.123. The third kappa shape index (κ3) is 5.98. The number of nitrogens with two attached hydrogens (primary N) is 1. The van der Waals surface area contributed by atoms with Crippen LogP contribution in [-0.4, -0.2) is 25.0 Å². The normalized spacial score (nSPS) is 11.8. The second kappa shape index (κ2) is 10.1. The molecule has 0 radical (unpaired) electrons. The number of rotatable bonds is 9. The lowest BCUT2D eigenvalue weighted by Gasteiger charge is -2.16. The third-order valence-electron chi connectivity index (χ3n) is 3.69. The van der Waals surface area contributed by atoms with Crippen LogP contribution in [0.4, 0.5) is 4.39 Å². The van der Waals surface area contributed by atoms with Crippen molar-refractivity contribution >= 4 is 17.5 Å². The van der Waals surface area contributed by atoms with Gasteiger partial charge in [0.15, 0.2) is 11.6 Å². The summed E-state index contributed by atoms with van der Waals surface area (Å²) >= 11 is 6.08. The fraction of sp³-hybridized carbons (Fsp3) is 0.316. The molecule has 0 spiro atoms. The van der Waals surface area contributed by atoms with Gasteiger partial charge in [0.1, 0.15) is 5.75 Å². The van der Waals surface area contributed by atoms with Crippen LogP contribution in [0.25, 0.3) is 0 Å². The van der Waals surface area contributed by atoms with Crippen LogP contribution in [0.1, 0.15) is 18.9 Å². The summed E-state index contributed by atoms with van der Waals surface area (Å²) in [6.45, 7) is 2.95. The Kier molecular flexibility index (Phi) is 7.84. The second-order valence-electron chi connectivity index (χ2n) is 5.89. The molecule has 0 aliphatic carbocycles. The fourth-order valence-electron chi connectivity index (χ4n) is 2.33. The number of carbonyl (C=O) groups excluding carboxylic acids is 1. The van der Waals surface area contributed by atoms with Gasteiger partial charge in [-0.1, -0.05) is 35.9 Å². The lowest BCUT2D eigenvalue weighted by molar-refractivity contribution is -0.121. The maximum absolute atomic E-state index is 14.8. The Bertz CT molecular complexity index is 728. The van der Waals surface area contributed by atoms with E-state index in [9.17, 15) is 9.18 Å². The van der Waals surface area contributed by atoms with Gasteiger partial charge < -0.3 is 21.1 Å². The Morgan fingerprint density at radius 1 is 1.27 bits per heavy atom. The van der Waals surface area contributed by atoms with Crippen LogP contribution in [-0.2, 0) is 11.3 Å². The summed E-state index contributed by atoms with van der Waals surface area (Å²) in [6.07, 6.45) is 0.280. The van der Waals surface area contributed by atoms with Gasteiger partial charge in [-0.3, -0.25) is 4.79 Å². The van der Waals surface area contributed by atoms with E-state index >= 15 is 0 Å². The first-order valence-electron chi connectivity index (χ1n) is 8.41. The summed E-state index contributed by atoms with van der Waals surface area (Å²) in [5, 5.41) is 6.03. The van der Waals surface area contributed by atoms with E-state index in [1.54, 1.807) is 36.4 Å². The van der Waals surface area contributed by atoms with Crippen molar-refractivity contribution in [3.8, 4) is 11.5 Å². The Morgan fingerprint density at radius 3 is 2.69 bits per heavy atom. The van der Waals surface area contributed by atoms with Gasteiger partial charge in [-0.05, 0) is 25.1 Å². The van der Waals surface area contributed by atoms with Gasteiger partial charge in [0.25, 0.3) is 0 Å². The number of benzene rings is 2. The average molecular weight is 380 g/mol. The smallest absolute Gasteiger partial charge is 0.221 e. The van der Waals surface area contributed by atoms with Crippen LogP contribution in [0.2, 0.25) is 5.02 Å². The lowest BCUT2D eigenvalue weighted by Crippen LogP contribution is -2.35. The summed E-state index contributed by atoms with van der Waals surface area (Å²) < 4.78 is 20.3. The van der Waals surface area contributed by atoms with Crippen molar-refractivity contribution in [1.29, 1.82) is 0 Å². The van der Waals surface area contributed by atoms with Gasteiger partial charge in [-0.2, -0.15) is 0 Å². The maximum atomic E-state index is 14.8. The van der Waals surface area contributed by atoms with E-state index in [0.29, 0.717) is 24.4 Å². The maximum Gasteiger partial charge on any atom is 0.221 e. The van der Waals surface area contributed by atoms with Gasteiger partial charge in [0.05, 0.1) is 5.02 Å². The zero-order valence-electron chi connectivity index (χ0n) is 14.6. The molecule has 7 heteroatoms. The highest BCUT2D eigenvalue weighted by Crippen LogP contribution is 2.33. The minimum Gasteiger partial charge on any atom is -0.453 e. The van der Waals surface area contributed by atoms with Crippen molar-refractivity contribution in [2.24, 2.45) is 5.73 Å². The number of para-hydroxylation sites is 1. The van der Waals surface area contributed by atoms with Crippen molar-refractivity contribution in [3.05, 3.63) is 58.9 Å². The van der Waals surface area contributed by atoms with Crippen molar-refractivity contribution in [1.82, 2.24) is 10.6 Å². The Labute approximate surface area is 157 Å². The molecule has 2 aromatic carbocycles. The average Bonchev–Trinajstić information content (AvgIpc) is 2.63. The number of hydrogen-bond donors (Lipinski definition) is 3. The van der Waals surface area contributed by atoms with Crippen molar-refractivity contribution < 1.29 is 13.9 Å². The summed E-state index contributed by atoms with van der Waals surface area (Å²) in [4.78, 5) is 11.7. The molecule has 0 heterocycles. The highest BCUT2D eigenvalue weighted by atomic mass is 35.5. The number of halogens is 2. The third-order valence-corrected chi connectivity index (χ3v) is 3.99. The molecule has 1 unspecified atom stereocenters. The number of hydrogen-bond acceptors (Lipinski definition) is 4. The molecule has 0 fully saturated rings. The number of amides is 1. The van der Waals surface area contributed by atoms with Crippen LogP contribution in [0.15, 0.2) is 42.5 Å². The lowest BCUT2D eigenvalue weighted by atomic mass is 10.1. The largest absolute Gasteiger partial charge is 0.453 e. The predicted octanol–water partition coefficient (Wildman–Crippen LogP) is 3.21. The van der Waals surface area contributed by atoms with Gasteiger partial charge in [0, 0.05) is 37.7 Å². The van der Waals surface area contributed by atoms with E-state index in [-0.39, 0.29) is 35.7 Å². The molecule has 4 N–H and O–H groups in total. The Hall–Kier alpha value is -2.15. The molecule has 0 aromatic heterocycles. The topological polar surface area (TPSA) is 76.4 Å². The van der Waals surface area contributed by atoms with Crippen molar-refractivity contribution in [3.63, 3.8) is 0 Å². The zero-order valence-corrected chi connectivity index (χ0v) is 15.4. The first kappa shape index (κ1) is 20.2. The predicted molar refractivity (Wildman–Crippen MR) is 101 cm³/mol. The first-order chi connectivity index (χ1) is 12.5. The fourth-order valence-corrected chi connectivity index (χ4v) is 2.51. The van der Waals surface area contributed by atoms with E-state index in [0.717, 1.165) is 0 Å². The Morgan fingerprint density at radius 2 is 2.00 bits per heavy atom. The molecule has 0 aliphatic heterocycles. The van der Waals surface area contributed by atoms with E-state index in [1.807, 2.05) is 13.0 Å². The van der Waals surface area contributed by atoms with Crippen molar-refractivity contribution in [2.45, 2.75) is 25.9 Å². The molecule has 0 saturated carbocycles. The quantitative estimate of drug-likeness (QED) is 0.625. The molecular weight excluding hydrogens is 357 g/mol. The summed E-state index contributed by atoms with van der Waals surface area (Å²) in [6, 6.07) is 12.0. The molecule has 0 saturated heterocycles. The minimum atomic E-state index is -0.520. The van der Waals surface area contributed by atoms with E-state index in [4.69, 9.17) is 22.1 Å². The highest BCUT2D eigenvalue weighted by molar-refractivity contribution is 6.32. The SMILES string of the molecule is CC(CC(=O)NCCN)NCc1ccc(Cl)c(Oc2ccccc2)c1F. The molecule has 5 nitrogen and oxygen atoms in total. The summed E-state index contributed by atoms with van der Waals surface area (Å²) in [7, 11) is 0. The van der Waals surface area contributed by atoms with Crippen LogP contribution < -0.4 is 21.1 Å². The molecule has 26 heavy (non-hydrogen) atoms. The zero-order chi connectivity index (χ0) is 18.9. The van der Waals surface area contributed by atoms with Crippen LogP contribution in [0.5, 0.6) is 11.5 Å². The summed E-state index contributed by atoms with van der Waals surface area (Å²) in [5.41, 5.74) is 5.76. The molecular formula is C19H23ClFN3O2. The molecule has 0 bridgehead atoms. The van der Waals surface area contributed by atoms with Gasteiger partial charge in [-0.25, -0.2) is 4.39 Å². The molecule has 1 amide bonds. The van der Waals surface area contributed by atoms with Gasteiger partial charge in [0.2, 0.25) is 5.91 Å². The van der Waals surface area contributed by atoms with Crippen LogP contribution >= 0.6 is 11.6 Å². The Balaban J connectivity index is 1.99. The monoisotopic (exact) mass is 379 g/mol. The molecule has 2 aromatic rings.